The van der Waals surface area contributed by atoms with Crippen molar-refractivity contribution in [1.82, 2.24) is 9.55 Å². The second-order valence-electron chi connectivity index (χ2n) is 2.59. The topological polar surface area (TPSA) is 20.7 Å². The largest absolute Gasteiger partial charge is 0.337 e. The number of imidazole rings is 1. The Hall–Kier alpha value is -0.870. The summed E-state index contributed by atoms with van der Waals surface area (Å²) in [5, 5.41) is 0. The van der Waals surface area contributed by atoms with Gasteiger partial charge in [0, 0.05) is 16.9 Å². The van der Waals surface area contributed by atoms with Crippen molar-refractivity contribution in [3.8, 4) is 5.69 Å². The van der Waals surface area contributed by atoms with Crippen LogP contribution in [0, 0.1) is 4.77 Å². The van der Waals surface area contributed by atoms with Crippen molar-refractivity contribution < 1.29 is 0 Å². The minimum atomic E-state index is 0.701. The zero-order valence-electron chi connectivity index (χ0n) is 6.70. The molecule has 0 saturated carbocycles. The first-order valence-corrected chi connectivity index (χ1v) is 5.00. The molecule has 0 spiro atoms. The lowest BCUT2D eigenvalue weighted by Gasteiger charge is -2.03. The maximum Gasteiger partial charge on any atom is 0.181 e. The lowest BCUT2D eigenvalue weighted by molar-refractivity contribution is 1.02. The number of para-hydroxylation sites is 1. The number of hydrogen-bond acceptors (Lipinski definition) is 1. The number of nitrogens with one attached hydrogen (secondary N) is 1. The van der Waals surface area contributed by atoms with Crippen LogP contribution in [0.5, 0.6) is 0 Å². The fraction of sp³-hybridized carbons (Fsp3) is 0. The molecule has 0 radical (unpaired) electrons. The van der Waals surface area contributed by atoms with Crippen molar-refractivity contribution in [3.63, 3.8) is 0 Å². The predicted molar refractivity (Wildman–Crippen MR) is 58.7 cm³/mol. The van der Waals surface area contributed by atoms with E-state index in [1.807, 2.05) is 41.2 Å². The molecule has 66 valence electrons. The van der Waals surface area contributed by atoms with Gasteiger partial charge in [0.15, 0.2) is 4.77 Å². The zero-order chi connectivity index (χ0) is 9.26. The Morgan fingerprint density at radius 1 is 1.31 bits per heavy atom. The fourth-order valence-corrected chi connectivity index (χ4v) is 1.86. The Bertz CT molecular complexity index is 472. The van der Waals surface area contributed by atoms with Crippen LogP contribution < -0.4 is 0 Å². The number of aromatic nitrogens is 2. The maximum absolute atomic E-state index is 5.11. The lowest BCUT2D eigenvalue weighted by atomic mass is 10.3. The van der Waals surface area contributed by atoms with Crippen LogP contribution in [0.1, 0.15) is 0 Å². The Kier molecular flexibility index (Phi) is 2.33. The van der Waals surface area contributed by atoms with E-state index in [0.29, 0.717) is 4.77 Å². The summed E-state index contributed by atoms with van der Waals surface area (Å²) in [7, 11) is 0. The summed E-state index contributed by atoms with van der Waals surface area (Å²) >= 11 is 8.58. The molecule has 1 N–H and O–H groups in total. The molecule has 0 aliphatic heterocycles. The first kappa shape index (κ1) is 8.72. The molecule has 2 nitrogen and oxygen atoms in total. The van der Waals surface area contributed by atoms with Gasteiger partial charge in [0.05, 0.1) is 5.69 Å². The van der Waals surface area contributed by atoms with Gasteiger partial charge in [-0.2, -0.15) is 0 Å². The van der Waals surface area contributed by atoms with Crippen molar-refractivity contribution in [1.29, 1.82) is 0 Å². The molecule has 0 atom stereocenters. The summed E-state index contributed by atoms with van der Waals surface area (Å²) in [4.78, 5) is 2.95. The van der Waals surface area contributed by atoms with E-state index in [9.17, 15) is 0 Å². The molecule has 0 amide bonds. The van der Waals surface area contributed by atoms with E-state index in [1.54, 1.807) is 0 Å². The quantitative estimate of drug-likeness (QED) is 0.775. The number of halogens is 1. The summed E-state index contributed by atoms with van der Waals surface area (Å²) < 4.78 is 3.65. The zero-order valence-corrected chi connectivity index (χ0v) is 9.10. The van der Waals surface area contributed by atoms with Crippen molar-refractivity contribution in [2.24, 2.45) is 0 Å². The highest BCUT2D eigenvalue weighted by atomic mass is 79.9. The van der Waals surface area contributed by atoms with E-state index in [0.717, 1.165) is 10.2 Å². The van der Waals surface area contributed by atoms with Crippen LogP contribution in [-0.4, -0.2) is 9.55 Å². The monoisotopic (exact) mass is 254 g/mol. The van der Waals surface area contributed by atoms with Crippen LogP contribution in [0.25, 0.3) is 5.69 Å². The van der Waals surface area contributed by atoms with Crippen LogP contribution in [-0.2, 0) is 0 Å². The van der Waals surface area contributed by atoms with Crippen LogP contribution in [0.3, 0.4) is 0 Å². The van der Waals surface area contributed by atoms with Crippen LogP contribution in [0.2, 0.25) is 0 Å². The van der Waals surface area contributed by atoms with Gasteiger partial charge in [-0.3, -0.25) is 4.57 Å². The summed E-state index contributed by atoms with van der Waals surface area (Å²) in [6, 6.07) is 7.95. The molecule has 0 saturated heterocycles. The summed E-state index contributed by atoms with van der Waals surface area (Å²) in [5.41, 5.74) is 1.05. The van der Waals surface area contributed by atoms with Gasteiger partial charge in [0.1, 0.15) is 0 Å². The Labute approximate surface area is 89.4 Å². The van der Waals surface area contributed by atoms with Crippen molar-refractivity contribution >= 4 is 28.1 Å². The van der Waals surface area contributed by atoms with Gasteiger partial charge < -0.3 is 4.98 Å². The number of H-pyrrole nitrogens is 1. The average molecular weight is 255 g/mol. The standard InChI is InChI=1S/C9H7BrN2S/c10-7-3-1-2-4-8(7)12-6-5-11-9(12)13/h1-6H,(H,11,13). The Balaban J connectivity index is 2.66. The minimum Gasteiger partial charge on any atom is -0.337 e. The summed E-state index contributed by atoms with van der Waals surface area (Å²) in [5.74, 6) is 0. The molecule has 13 heavy (non-hydrogen) atoms. The van der Waals surface area contributed by atoms with Crippen molar-refractivity contribution in [2.45, 2.75) is 0 Å². The third-order valence-electron chi connectivity index (χ3n) is 1.76. The highest BCUT2D eigenvalue weighted by Gasteiger charge is 2.00. The highest BCUT2D eigenvalue weighted by Crippen LogP contribution is 2.20. The number of nitrogens with zero attached hydrogens (tertiary/aromatic N) is 1. The Morgan fingerprint density at radius 2 is 2.08 bits per heavy atom. The molecule has 1 heterocycles. The summed E-state index contributed by atoms with van der Waals surface area (Å²) in [6.07, 6.45) is 3.73. The van der Waals surface area contributed by atoms with E-state index in [2.05, 4.69) is 20.9 Å². The number of benzene rings is 1. The van der Waals surface area contributed by atoms with E-state index < -0.39 is 0 Å². The molecule has 0 bridgehead atoms. The maximum atomic E-state index is 5.11. The van der Waals surface area contributed by atoms with Gasteiger partial charge in [0.25, 0.3) is 0 Å². The van der Waals surface area contributed by atoms with Crippen molar-refractivity contribution in [3.05, 3.63) is 45.9 Å². The van der Waals surface area contributed by atoms with Gasteiger partial charge in [-0.1, -0.05) is 12.1 Å². The first-order chi connectivity index (χ1) is 6.29. The SMILES string of the molecule is S=c1[nH]ccn1-c1ccccc1Br. The smallest absolute Gasteiger partial charge is 0.181 e. The molecule has 0 aliphatic rings. The van der Waals surface area contributed by atoms with Crippen LogP contribution in [0.15, 0.2) is 41.1 Å². The normalized spacial score (nSPS) is 10.2. The second kappa shape index (κ2) is 3.47. The Morgan fingerprint density at radius 3 is 2.69 bits per heavy atom. The van der Waals surface area contributed by atoms with Gasteiger partial charge in [-0.15, -0.1) is 0 Å². The van der Waals surface area contributed by atoms with Gasteiger partial charge >= 0.3 is 0 Å². The molecule has 2 rings (SSSR count). The molecular formula is C9H7BrN2S. The molecule has 0 aliphatic carbocycles. The molecule has 4 heteroatoms. The first-order valence-electron chi connectivity index (χ1n) is 3.80. The summed E-state index contributed by atoms with van der Waals surface area (Å²) in [6.45, 7) is 0. The van der Waals surface area contributed by atoms with E-state index in [4.69, 9.17) is 12.2 Å². The number of hydrogen-bond donors (Lipinski definition) is 1. The van der Waals surface area contributed by atoms with E-state index in [-0.39, 0.29) is 0 Å². The molecule has 0 fully saturated rings. The van der Waals surface area contributed by atoms with E-state index in [1.165, 1.54) is 0 Å². The molecule has 1 aromatic carbocycles. The molecule has 1 aromatic heterocycles. The minimum absolute atomic E-state index is 0.701. The third kappa shape index (κ3) is 1.59. The molecular weight excluding hydrogens is 248 g/mol. The van der Waals surface area contributed by atoms with Gasteiger partial charge in [-0.25, -0.2) is 0 Å². The lowest BCUT2D eigenvalue weighted by Crippen LogP contribution is -1.92. The highest BCUT2D eigenvalue weighted by molar-refractivity contribution is 9.10. The van der Waals surface area contributed by atoms with Crippen LogP contribution in [0.4, 0.5) is 0 Å². The van der Waals surface area contributed by atoms with Gasteiger partial charge in [0.2, 0.25) is 0 Å². The predicted octanol–water partition coefficient (Wildman–Crippen LogP) is 3.30. The fourth-order valence-electron chi connectivity index (χ4n) is 1.16. The second-order valence-corrected chi connectivity index (χ2v) is 3.83. The van der Waals surface area contributed by atoms with Crippen LogP contribution >= 0.6 is 28.1 Å². The average Bonchev–Trinajstić information content (AvgIpc) is 2.52. The number of rotatable bonds is 1. The van der Waals surface area contributed by atoms with Gasteiger partial charge in [-0.05, 0) is 40.3 Å². The molecule has 0 unspecified atom stereocenters. The van der Waals surface area contributed by atoms with E-state index >= 15 is 0 Å². The molecule has 2 aromatic rings. The van der Waals surface area contributed by atoms with Crippen molar-refractivity contribution in [2.75, 3.05) is 0 Å². The third-order valence-corrected chi connectivity index (χ3v) is 2.75. The number of aromatic amines is 1.